The zero-order valence-corrected chi connectivity index (χ0v) is 10.4. The van der Waals surface area contributed by atoms with Gasteiger partial charge in [-0.1, -0.05) is 18.2 Å². The second kappa shape index (κ2) is 5.02. The molecule has 0 atom stereocenters. The lowest BCUT2D eigenvalue weighted by Crippen LogP contribution is -2.13. The minimum absolute atomic E-state index is 0.137. The Kier molecular flexibility index (Phi) is 3.43. The highest BCUT2D eigenvalue weighted by Gasteiger charge is 2.18. The van der Waals surface area contributed by atoms with Crippen LogP contribution >= 0.6 is 0 Å². The maximum atomic E-state index is 12.0. The van der Waals surface area contributed by atoms with Crippen molar-refractivity contribution in [3.05, 3.63) is 58.8 Å². The van der Waals surface area contributed by atoms with Crippen LogP contribution < -0.4 is 4.72 Å². The van der Waals surface area contributed by atoms with Gasteiger partial charge in [0.25, 0.3) is 10.0 Å². The molecule has 0 unspecified atom stereocenters. The highest BCUT2D eigenvalue weighted by atomic mass is 32.2. The predicted octanol–water partition coefficient (Wildman–Crippen LogP) is 1.79. The highest BCUT2D eigenvalue weighted by Crippen LogP contribution is 2.16. The lowest BCUT2D eigenvalue weighted by Gasteiger charge is -2.06. The van der Waals surface area contributed by atoms with E-state index >= 15 is 0 Å². The number of benzene rings is 1. The molecule has 7 nitrogen and oxygen atoms in total. The van der Waals surface area contributed by atoms with Crippen molar-refractivity contribution in [2.75, 3.05) is 4.72 Å². The number of rotatable bonds is 4. The molecular weight excluding hydrogens is 270 g/mol. The van der Waals surface area contributed by atoms with Crippen LogP contribution in [0.2, 0.25) is 0 Å². The SMILES string of the molecule is O=[N+]([O-])c1ccc(S(=O)(=O)Nc2ccccc2)cn1. The molecule has 2 aromatic rings. The molecule has 0 aliphatic carbocycles. The third kappa shape index (κ3) is 3.05. The standard InChI is InChI=1S/C11H9N3O4S/c15-14(16)11-7-6-10(8-12-11)19(17,18)13-9-4-2-1-3-5-9/h1-8,13H. The number of hydrogen-bond acceptors (Lipinski definition) is 5. The van der Waals surface area contributed by atoms with Gasteiger partial charge < -0.3 is 10.1 Å². The van der Waals surface area contributed by atoms with Crippen LogP contribution in [0.4, 0.5) is 11.5 Å². The number of hydrogen-bond donors (Lipinski definition) is 1. The summed E-state index contributed by atoms with van der Waals surface area (Å²) in [4.78, 5) is 13.1. The normalized spacial score (nSPS) is 10.9. The van der Waals surface area contributed by atoms with E-state index in [0.29, 0.717) is 5.69 Å². The van der Waals surface area contributed by atoms with Crippen molar-refractivity contribution in [3.8, 4) is 0 Å². The van der Waals surface area contributed by atoms with E-state index in [1.165, 1.54) is 0 Å². The Labute approximate surface area is 109 Å². The summed E-state index contributed by atoms with van der Waals surface area (Å²) in [5, 5.41) is 10.4. The van der Waals surface area contributed by atoms with Crippen LogP contribution in [0.1, 0.15) is 0 Å². The van der Waals surface area contributed by atoms with E-state index in [-0.39, 0.29) is 4.90 Å². The summed E-state index contributed by atoms with van der Waals surface area (Å²) in [6.45, 7) is 0. The number of sulfonamides is 1. The average Bonchev–Trinajstić information content (AvgIpc) is 2.39. The van der Waals surface area contributed by atoms with Crippen molar-refractivity contribution >= 4 is 21.5 Å². The van der Waals surface area contributed by atoms with Crippen LogP contribution in [-0.2, 0) is 10.0 Å². The van der Waals surface area contributed by atoms with Crippen molar-refractivity contribution in [1.82, 2.24) is 4.98 Å². The topological polar surface area (TPSA) is 102 Å². The van der Waals surface area contributed by atoms with Gasteiger partial charge in [-0.25, -0.2) is 8.42 Å². The van der Waals surface area contributed by atoms with Gasteiger partial charge >= 0.3 is 5.82 Å². The summed E-state index contributed by atoms with van der Waals surface area (Å²) >= 11 is 0. The average molecular weight is 279 g/mol. The summed E-state index contributed by atoms with van der Waals surface area (Å²) in [7, 11) is -3.79. The fourth-order valence-corrected chi connectivity index (χ4v) is 2.36. The second-order valence-corrected chi connectivity index (χ2v) is 5.26. The Hall–Kier alpha value is -2.48. The van der Waals surface area contributed by atoms with Crippen molar-refractivity contribution in [2.24, 2.45) is 0 Å². The summed E-state index contributed by atoms with van der Waals surface area (Å²) in [6.07, 6.45) is 0.948. The largest absolute Gasteiger partial charge is 0.363 e. The minimum atomic E-state index is -3.79. The van der Waals surface area contributed by atoms with Crippen LogP contribution in [-0.4, -0.2) is 18.3 Å². The first-order chi connectivity index (χ1) is 8.99. The van der Waals surface area contributed by atoms with Crippen LogP contribution in [0, 0.1) is 10.1 Å². The molecule has 0 aliphatic rings. The number of nitrogens with one attached hydrogen (secondary N) is 1. The minimum Gasteiger partial charge on any atom is -0.358 e. The fourth-order valence-electron chi connectivity index (χ4n) is 1.36. The van der Waals surface area contributed by atoms with E-state index < -0.39 is 20.8 Å². The summed E-state index contributed by atoms with van der Waals surface area (Å²) in [6, 6.07) is 10.5. The van der Waals surface area contributed by atoms with Crippen LogP contribution in [0.25, 0.3) is 0 Å². The lowest BCUT2D eigenvalue weighted by molar-refractivity contribution is -0.389. The van der Waals surface area contributed by atoms with Crippen molar-refractivity contribution in [3.63, 3.8) is 0 Å². The first kappa shape index (κ1) is 13.0. The zero-order valence-electron chi connectivity index (χ0n) is 9.55. The van der Waals surface area contributed by atoms with E-state index in [0.717, 1.165) is 18.3 Å². The van der Waals surface area contributed by atoms with Crippen molar-refractivity contribution < 1.29 is 13.3 Å². The zero-order chi connectivity index (χ0) is 13.9. The van der Waals surface area contributed by atoms with Gasteiger partial charge in [-0.2, -0.15) is 0 Å². The summed E-state index contributed by atoms with van der Waals surface area (Å²) < 4.78 is 26.3. The molecule has 19 heavy (non-hydrogen) atoms. The molecule has 0 saturated carbocycles. The Balaban J connectivity index is 2.27. The maximum absolute atomic E-state index is 12.0. The summed E-state index contributed by atoms with van der Waals surface area (Å²) in [5.41, 5.74) is 0.404. The molecule has 1 heterocycles. The van der Waals surface area contributed by atoms with Gasteiger partial charge in [0.1, 0.15) is 4.90 Å². The van der Waals surface area contributed by atoms with E-state index in [4.69, 9.17) is 0 Å². The molecule has 98 valence electrons. The lowest BCUT2D eigenvalue weighted by atomic mass is 10.3. The van der Waals surface area contributed by atoms with Gasteiger partial charge in [0.05, 0.1) is 0 Å². The van der Waals surface area contributed by atoms with Crippen LogP contribution in [0.15, 0.2) is 53.6 Å². The van der Waals surface area contributed by atoms with E-state index in [9.17, 15) is 18.5 Å². The van der Waals surface area contributed by atoms with Gasteiger partial charge in [-0.3, -0.25) is 4.72 Å². The van der Waals surface area contributed by atoms with Gasteiger partial charge in [0, 0.05) is 11.8 Å². The molecule has 2 rings (SSSR count). The van der Waals surface area contributed by atoms with Gasteiger partial charge in [-0.15, -0.1) is 0 Å². The van der Waals surface area contributed by atoms with E-state index in [1.54, 1.807) is 30.3 Å². The third-order valence-electron chi connectivity index (χ3n) is 2.24. The molecule has 0 amide bonds. The molecule has 0 aliphatic heterocycles. The molecule has 1 aromatic carbocycles. The molecule has 0 fully saturated rings. The molecule has 0 radical (unpaired) electrons. The molecule has 0 spiro atoms. The number of nitro groups is 1. The van der Waals surface area contributed by atoms with Gasteiger partial charge in [0.15, 0.2) is 6.20 Å². The molecule has 8 heteroatoms. The quantitative estimate of drug-likeness (QED) is 0.679. The summed E-state index contributed by atoms with van der Waals surface area (Å²) in [5.74, 6) is -0.404. The molecular formula is C11H9N3O4S. The Bertz CT molecular complexity index is 684. The fraction of sp³-hybridized carbons (Fsp3) is 0. The molecule has 1 aromatic heterocycles. The first-order valence-corrected chi connectivity index (χ1v) is 6.66. The van der Waals surface area contributed by atoms with Crippen molar-refractivity contribution in [2.45, 2.75) is 4.90 Å². The van der Waals surface area contributed by atoms with Gasteiger partial charge in [-0.05, 0) is 28.1 Å². The molecule has 0 bridgehead atoms. The number of nitrogens with zero attached hydrogens (tertiary/aromatic N) is 2. The Morgan fingerprint density at radius 1 is 1.11 bits per heavy atom. The highest BCUT2D eigenvalue weighted by molar-refractivity contribution is 7.92. The molecule has 1 N–H and O–H groups in total. The van der Waals surface area contributed by atoms with Gasteiger partial charge in [0.2, 0.25) is 0 Å². The Morgan fingerprint density at radius 2 is 1.79 bits per heavy atom. The van der Waals surface area contributed by atoms with E-state index in [1.807, 2.05) is 0 Å². The monoisotopic (exact) mass is 279 g/mol. The van der Waals surface area contributed by atoms with Crippen LogP contribution in [0.5, 0.6) is 0 Å². The number of para-hydroxylation sites is 1. The number of aromatic nitrogens is 1. The van der Waals surface area contributed by atoms with E-state index in [2.05, 4.69) is 9.71 Å². The number of anilines is 1. The smallest absolute Gasteiger partial charge is 0.358 e. The molecule has 0 saturated heterocycles. The second-order valence-electron chi connectivity index (χ2n) is 3.58. The maximum Gasteiger partial charge on any atom is 0.363 e. The predicted molar refractivity (Wildman–Crippen MR) is 68.1 cm³/mol. The Morgan fingerprint density at radius 3 is 2.32 bits per heavy atom. The van der Waals surface area contributed by atoms with Crippen LogP contribution in [0.3, 0.4) is 0 Å². The van der Waals surface area contributed by atoms with Crippen molar-refractivity contribution in [1.29, 1.82) is 0 Å². The third-order valence-corrected chi connectivity index (χ3v) is 3.61. The first-order valence-electron chi connectivity index (χ1n) is 5.17. The number of pyridine rings is 1.